The predicted octanol–water partition coefficient (Wildman–Crippen LogP) is 2.05. The third-order valence-electron chi connectivity index (χ3n) is 4.84. The van der Waals surface area contributed by atoms with E-state index in [1.54, 1.807) is 6.07 Å². The normalized spacial score (nSPS) is 22.7. The fraction of sp³-hybridized carbons (Fsp3) is 0.500. The molecule has 6 nitrogen and oxygen atoms in total. The highest BCUT2D eigenvalue weighted by Crippen LogP contribution is 2.37. The van der Waals surface area contributed by atoms with Crippen molar-refractivity contribution in [2.75, 3.05) is 13.7 Å². The molecule has 0 N–H and O–H groups in total. The van der Waals surface area contributed by atoms with Gasteiger partial charge < -0.3 is 9.47 Å². The first kappa shape index (κ1) is 17.4. The molecule has 2 atom stereocenters. The van der Waals surface area contributed by atoms with Gasteiger partial charge in [-0.15, -0.1) is 0 Å². The van der Waals surface area contributed by atoms with Gasteiger partial charge in [0.05, 0.1) is 18.9 Å². The zero-order chi connectivity index (χ0) is 18.0. The third kappa shape index (κ3) is 3.50. The van der Waals surface area contributed by atoms with Crippen molar-refractivity contribution in [1.29, 1.82) is 0 Å². The maximum absolute atomic E-state index is 13.6. The average molecular weight is 349 g/mol. The molecule has 1 aliphatic heterocycles. The van der Waals surface area contributed by atoms with Crippen LogP contribution in [0.1, 0.15) is 31.2 Å². The van der Waals surface area contributed by atoms with Crippen LogP contribution in [0.25, 0.3) is 0 Å². The van der Waals surface area contributed by atoms with Crippen LogP contribution in [-0.2, 0) is 25.7 Å². The second-order valence-corrected chi connectivity index (χ2v) is 6.39. The van der Waals surface area contributed by atoms with Gasteiger partial charge in [0.25, 0.3) is 0 Å². The number of carbonyl (C=O) groups is 3. The summed E-state index contributed by atoms with van der Waals surface area (Å²) < 4.78 is 23.5. The molecule has 3 rings (SSSR count). The number of esters is 1. The van der Waals surface area contributed by atoms with Crippen molar-refractivity contribution in [3.8, 4) is 5.75 Å². The van der Waals surface area contributed by atoms with Crippen molar-refractivity contribution in [3.05, 3.63) is 29.6 Å². The molecule has 1 aromatic carbocycles. The highest BCUT2D eigenvalue weighted by atomic mass is 19.1. The number of halogens is 1. The SMILES string of the molecule is COc1ccc(COC(=O)CN2C(=O)[C@H]3CCCC[C@H]3C2=O)cc1F. The van der Waals surface area contributed by atoms with Crippen molar-refractivity contribution in [2.24, 2.45) is 11.8 Å². The van der Waals surface area contributed by atoms with Crippen LogP contribution in [0.3, 0.4) is 0 Å². The van der Waals surface area contributed by atoms with E-state index in [1.165, 1.54) is 19.2 Å². The van der Waals surface area contributed by atoms with Crippen LogP contribution in [-0.4, -0.2) is 36.3 Å². The number of nitrogens with zero attached hydrogens (tertiary/aromatic N) is 1. The topological polar surface area (TPSA) is 72.9 Å². The Kier molecular flexibility index (Phi) is 5.01. The number of imide groups is 1. The van der Waals surface area contributed by atoms with Crippen molar-refractivity contribution < 1.29 is 28.2 Å². The Bertz CT molecular complexity index is 681. The van der Waals surface area contributed by atoms with Crippen LogP contribution in [0.2, 0.25) is 0 Å². The summed E-state index contributed by atoms with van der Waals surface area (Å²) in [6.07, 6.45) is 3.26. The van der Waals surface area contributed by atoms with Crippen LogP contribution in [0, 0.1) is 17.7 Å². The fourth-order valence-electron chi connectivity index (χ4n) is 3.53. The van der Waals surface area contributed by atoms with E-state index < -0.39 is 11.8 Å². The second-order valence-electron chi connectivity index (χ2n) is 6.39. The van der Waals surface area contributed by atoms with Crippen LogP contribution < -0.4 is 4.74 Å². The lowest BCUT2D eigenvalue weighted by Crippen LogP contribution is -2.36. The Morgan fingerprint density at radius 3 is 2.40 bits per heavy atom. The number of benzene rings is 1. The van der Waals surface area contributed by atoms with E-state index in [0.29, 0.717) is 18.4 Å². The molecule has 134 valence electrons. The van der Waals surface area contributed by atoms with Crippen molar-refractivity contribution in [1.82, 2.24) is 4.90 Å². The number of methoxy groups -OCH3 is 1. The summed E-state index contributed by atoms with van der Waals surface area (Å²) >= 11 is 0. The summed E-state index contributed by atoms with van der Waals surface area (Å²) in [5, 5.41) is 0. The Morgan fingerprint density at radius 2 is 1.84 bits per heavy atom. The molecule has 7 heteroatoms. The van der Waals surface area contributed by atoms with Gasteiger partial charge in [0.15, 0.2) is 11.6 Å². The second kappa shape index (κ2) is 7.21. The van der Waals surface area contributed by atoms with E-state index in [0.717, 1.165) is 17.7 Å². The maximum Gasteiger partial charge on any atom is 0.326 e. The molecule has 0 bridgehead atoms. The van der Waals surface area contributed by atoms with Gasteiger partial charge in [0.1, 0.15) is 13.2 Å². The Morgan fingerprint density at radius 1 is 1.20 bits per heavy atom. The highest BCUT2D eigenvalue weighted by molar-refractivity contribution is 6.07. The zero-order valence-electron chi connectivity index (χ0n) is 14.0. The summed E-state index contributed by atoms with van der Waals surface area (Å²) in [4.78, 5) is 37.6. The highest BCUT2D eigenvalue weighted by Gasteiger charge is 2.48. The van der Waals surface area contributed by atoms with Gasteiger partial charge in [-0.3, -0.25) is 19.3 Å². The molecule has 0 unspecified atom stereocenters. The van der Waals surface area contributed by atoms with E-state index in [1.807, 2.05) is 0 Å². The van der Waals surface area contributed by atoms with E-state index >= 15 is 0 Å². The molecular weight excluding hydrogens is 329 g/mol. The standard InChI is InChI=1S/C18H20FNO5/c1-24-15-7-6-11(8-14(15)19)10-25-16(21)9-20-17(22)12-4-2-3-5-13(12)18(20)23/h6-8,12-13H,2-5,9-10H2,1H3/t12-,13+. The molecule has 2 amide bonds. The van der Waals surface area contributed by atoms with Crippen LogP contribution in [0.4, 0.5) is 4.39 Å². The summed E-state index contributed by atoms with van der Waals surface area (Å²) in [6, 6.07) is 4.24. The van der Waals surface area contributed by atoms with Crippen molar-refractivity contribution in [3.63, 3.8) is 0 Å². The van der Waals surface area contributed by atoms with Gasteiger partial charge in [-0.25, -0.2) is 4.39 Å². The summed E-state index contributed by atoms with van der Waals surface area (Å²) in [7, 11) is 1.36. The molecular formula is C18H20FNO5. The zero-order valence-corrected chi connectivity index (χ0v) is 14.0. The molecule has 0 spiro atoms. The van der Waals surface area contributed by atoms with Crippen LogP contribution in [0.5, 0.6) is 5.75 Å². The van der Waals surface area contributed by atoms with E-state index in [2.05, 4.69) is 0 Å². The number of amides is 2. The molecule has 1 heterocycles. The van der Waals surface area contributed by atoms with Gasteiger partial charge in [0, 0.05) is 0 Å². The maximum atomic E-state index is 13.6. The monoisotopic (exact) mass is 349 g/mol. The minimum Gasteiger partial charge on any atom is -0.494 e. The lowest BCUT2D eigenvalue weighted by Gasteiger charge is -2.19. The summed E-state index contributed by atoms with van der Waals surface area (Å²) in [5.74, 6) is -2.26. The first-order valence-corrected chi connectivity index (χ1v) is 8.34. The summed E-state index contributed by atoms with van der Waals surface area (Å²) in [6.45, 7) is -0.522. The molecule has 0 radical (unpaired) electrons. The first-order chi connectivity index (χ1) is 12.0. The Labute approximate surface area is 144 Å². The number of rotatable bonds is 5. The van der Waals surface area contributed by atoms with E-state index in [4.69, 9.17) is 9.47 Å². The first-order valence-electron chi connectivity index (χ1n) is 8.34. The quantitative estimate of drug-likeness (QED) is 0.601. The van der Waals surface area contributed by atoms with Gasteiger partial charge >= 0.3 is 5.97 Å². The van der Waals surface area contributed by atoms with Gasteiger partial charge in [0.2, 0.25) is 11.8 Å². The number of hydrogen-bond acceptors (Lipinski definition) is 5. The fourth-order valence-corrected chi connectivity index (χ4v) is 3.53. The molecule has 2 aliphatic rings. The molecule has 2 fully saturated rings. The minimum atomic E-state index is -0.684. The number of fused-ring (bicyclic) bond motifs is 1. The Balaban J connectivity index is 1.56. The van der Waals surface area contributed by atoms with E-state index in [-0.39, 0.29) is 42.6 Å². The number of hydrogen-bond donors (Lipinski definition) is 0. The van der Waals surface area contributed by atoms with Crippen molar-refractivity contribution in [2.45, 2.75) is 32.3 Å². The van der Waals surface area contributed by atoms with Gasteiger partial charge in [-0.1, -0.05) is 18.9 Å². The summed E-state index contributed by atoms with van der Waals surface area (Å²) in [5.41, 5.74) is 0.458. The molecule has 1 saturated heterocycles. The lowest BCUT2D eigenvalue weighted by atomic mass is 9.81. The lowest BCUT2D eigenvalue weighted by molar-refractivity contribution is -0.153. The van der Waals surface area contributed by atoms with Gasteiger partial charge in [-0.2, -0.15) is 0 Å². The third-order valence-corrected chi connectivity index (χ3v) is 4.84. The number of likely N-dealkylation sites (tertiary alicyclic amines) is 1. The molecule has 1 aromatic rings. The van der Waals surface area contributed by atoms with Crippen LogP contribution >= 0.6 is 0 Å². The number of ether oxygens (including phenoxy) is 2. The van der Waals surface area contributed by atoms with Crippen molar-refractivity contribution >= 4 is 17.8 Å². The number of carbonyl (C=O) groups excluding carboxylic acids is 3. The minimum absolute atomic E-state index is 0.103. The molecule has 25 heavy (non-hydrogen) atoms. The molecule has 1 aliphatic carbocycles. The van der Waals surface area contributed by atoms with E-state index in [9.17, 15) is 18.8 Å². The Hall–Kier alpha value is -2.44. The van der Waals surface area contributed by atoms with Gasteiger partial charge in [-0.05, 0) is 30.5 Å². The molecule has 1 saturated carbocycles. The predicted molar refractivity (Wildman–Crippen MR) is 84.9 cm³/mol. The molecule has 0 aromatic heterocycles. The largest absolute Gasteiger partial charge is 0.494 e. The average Bonchev–Trinajstić information content (AvgIpc) is 2.85. The van der Waals surface area contributed by atoms with Crippen LogP contribution in [0.15, 0.2) is 18.2 Å². The smallest absolute Gasteiger partial charge is 0.326 e.